The lowest BCUT2D eigenvalue weighted by Crippen LogP contribution is -2.30. The minimum Gasteiger partial charge on any atom is -0.481 e. The van der Waals surface area contributed by atoms with Crippen LogP contribution in [0.2, 0.25) is 0 Å². The third kappa shape index (κ3) is 2.58. The molecule has 0 bridgehead atoms. The van der Waals surface area contributed by atoms with Crippen LogP contribution in [0.15, 0.2) is 22.7 Å². The second-order valence-electron chi connectivity index (χ2n) is 5.35. The largest absolute Gasteiger partial charge is 0.481 e. The summed E-state index contributed by atoms with van der Waals surface area (Å²) >= 11 is 3.37. The first-order valence-corrected chi connectivity index (χ1v) is 6.89. The molecule has 1 saturated carbocycles. The molecular weight excluding hydrogens is 299 g/mol. The zero-order valence-electron chi connectivity index (χ0n) is 10.2. The molecule has 1 N–H and O–H groups in total. The molecule has 1 aliphatic carbocycles. The van der Waals surface area contributed by atoms with Crippen LogP contribution in [-0.4, -0.2) is 11.1 Å². The van der Waals surface area contributed by atoms with Gasteiger partial charge in [0.25, 0.3) is 0 Å². The zero-order valence-corrected chi connectivity index (χ0v) is 11.8. The molecule has 1 aliphatic rings. The van der Waals surface area contributed by atoms with Crippen LogP contribution in [0.1, 0.15) is 31.7 Å². The molecule has 2 unspecified atom stereocenters. The van der Waals surface area contributed by atoms with Crippen molar-refractivity contribution in [1.82, 2.24) is 0 Å². The summed E-state index contributed by atoms with van der Waals surface area (Å²) < 4.78 is 14.0. The van der Waals surface area contributed by atoms with Gasteiger partial charge in [0, 0.05) is 4.47 Å². The van der Waals surface area contributed by atoms with Crippen molar-refractivity contribution in [2.24, 2.45) is 11.3 Å². The molecule has 2 nitrogen and oxygen atoms in total. The van der Waals surface area contributed by atoms with Crippen LogP contribution in [0.3, 0.4) is 0 Å². The molecule has 0 amide bonds. The summed E-state index contributed by atoms with van der Waals surface area (Å²) in [7, 11) is 0. The molecular formula is C14H16BrFO2. The third-order valence-corrected chi connectivity index (χ3v) is 4.62. The molecule has 1 fully saturated rings. The minimum atomic E-state index is -0.761. The summed E-state index contributed by atoms with van der Waals surface area (Å²) in [6.45, 7) is 2.07. The van der Waals surface area contributed by atoms with Gasteiger partial charge in [-0.25, -0.2) is 4.39 Å². The van der Waals surface area contributed by atoms with Crippen molar-refractivity contribution in [3.05, 3.63) is 34.1 Å². The highest BCUT2D eigenvalue weighted by atomic mass is 79.9. The van der Waals surface area contributed by atoms with Crippen LogP contribution in [-0.2, 0) is 11.2 Å². The van der Waals surface area contributed by atoms with E-state index in [-0.39, 0.29) is 5.82 Å². The first-order chi connectivity index (χ1) is 8.43. The van der Waals surface area contributed by atoms with E-state index in [1.807, 2.05) is 0 Å². The average Bonchev–Trinajstić information content (AvgIpc) is 2.67. The van der Waals surface area contributed by atoms with E-state index in [1.54, 1.807) is 6.07 Å². The first-order valence-electron chi connectivity index (χ1n) is 6.10. The highest BCUT2D eigenvalue weighted by molar-refractivity contribution is 9.10. The lowest BCUT2D eigenvalue weighted by molar-refractivity contribution is -0.148. The topological polar surface area (TPSA) is 37.3 Å². The summed E-state index contributed by atoms with van der Waals surface area (Å²) in [5.74, 6) is -0.656. The van der Waals surface area contributed by atoms with Crippen molar-refractivity contribution < 1.29 is 14.3 Å². The third-order valence-electron chi connectivity index (χ3n) is 3.85. The van der Waals surface area contributed by atoms with E-state index in [0.29, 0.717) is 25.2 Å². The standard InChI is InChI=1S/C14H16BrFO2/c1-9-4-5-14(7-9,13(17)18)8-10-6-11(16)2-3-12(10)15/h2-3,6,9H,4-5,7-8H2,1H3,(H,17,18). The van der Waals surface area contributed by atoms with Gasteiger partial charge in [-0.15, -0.1) is 0 Å². The summed E-state index contributed by atoms with van der Waals surface area (Å²) in [5.41, 5.74) is 0.0157. The predicted molar refractivity (Wildman–Crippen MR) is 70.9 cm³/mol. The van der Waals surface area contributed by atoms with Crippen molar-refractivity contribution in [2.75, 3.05) is 0 Å². The number of benzene rings is 1. The van der Waals surface area contributed by atoms with Gasteiger partial charge >= 0.3 is 5.97 Å². The fourth-order valence-corrected chi connectivity index (χ4v) is 3.25. The number of carboxylic acids is 1. The second kappa shape index (κ2) is 5.00. The van der Waals surface area contributed by atoms with Crippen molar-refractivity contribution in [3.8, 4) is 0 Å². The lowest BCUT2D eigenvalue weighted by Gasteiger charge is -2.24. The van der Waals surface area contributed by atoms with Gasteiger partial charge < -0.3 is 5.11 Å². The van der Waals surface area contributed by atoms with Crippen molar-refractivity contribution in [3.63, 3.8) is 0 Å². The Kier molecular flexibility index (Phi) is 3.76. The molecule has 1 aromatic rings. The van der Waals surface area contributed by atoms with Crippen LogP contribution >= 0.6 is 15.9 Å². The summed E-state index contributed by atoms with van der Waals surface area (Å²) in [4.78, 5) is 11.6. The molecule has 18 heavy (non-hydrogen) atoms. The quantitative estimate of drug-likeness (QED) is 0.914. The van der Waals surface area contributed by atoms with E-state index in [0.717, 1.165) is 16.5 Å². The van der Waals surface area contributed by atoms with Crippen molar-refractivity contribution in [2.45, 2.75) is 32.6 Å². The summed E-state index contributed by atoms with van der Waals surface area (Å²) in [5, 5.41) is 9.49. The maximum atomic E-state index is 13.3. The Bertz CT molecular complexity index is 475. The highest BCUT2D eigenvalue weighted by Crippen LogP contribution is 2.45. The van der Waals surface area contributed by atoms with Gasteiger partial charge in [0.05, 0.1) is 5.41 Å². The number of hydrogen-bond donors (Lipinski definition) is 1. The van der Waals surface area contributed by atoms with Crippen LogP contribution < -0.4 is 0 Å². The first kappa shape index (κ1) is 13.5. The Hall–Kier alpha value is -0.900. The number of hydrogen-bond acceptors (Lipinski definition) is 1. The Labute approximate surface area is 114 Å². The molecule has 0 aromatic heterocycles. The number of rotatable bonds is 3. The summed E-state index contributed by atoms with van der Waals surface area (Å²) in [6.07, 6.45) is 2.67. The molecule has 0 heterocycles. The Morgan fingerprint density at radius 2 is 2.33 bits per heavy atom. The van der Waals surface area contributed by atoms with Crippen LogP contribution in [0.25, 0.3) is 0 Å². The SMILES string of the molecule is CC1CCC(Cc2cc(F)ccc2Br)(C(=O)O)C1. The monoisotopic (exact) mass is 314 g/mol. The van der Waals surface area contributed by atoms with E-state index < -0.39 is 11.4 Å². The van der Waals surface area contributed by atoms with Gasteiger partial charge in [-0.1, -0.05) is 22.9 Å². The van der Waals surface area contributed by atoms with E-state index in [2.05, 4.69) is 22.9 Å². The van der Waals surface area contributed by atoms with E-state index in [4.69, 9.17) is 0 Å². The number of carboxylic acid groups (broad SMARTS) is 1. The lowest BCUT2D eigenvalue weighted by atomic mass is 9.79. The van der Waals surface area contributed by atoms with Crippen molar-refractivity contribution in [1.29, 1.82) is 0 Å². The van der Waals surface area contributed by atoms with Gasteiger partial charge in [-0.3, -0.25) is 4.79 Å². The van der Waals surface area contributed by atoms with E-state index in [9.17, 15) is 14.3 Å². The number of aliphatic carboxylic acids is 1. The maximum Gasteiger partial charge on any atom is 0.309 e. The van der Waals surface area contributed by atoms with Gasteiger partial charge in [0.1, 0.15) is 5.82 Å². The van der Waals surface area contributed by atoms with Crippen LogP contribution in [0.5, 0.6) is 0 Å². The van der Waals surface area contributed by atoms with Crippen molar-refractivity contribution >= 4 is 21.9 Å². The van der Waals surface area contributed by atoms with Crippen LogP contribution in [0, 0.1) is 17.2 Å². The highest BCUT2D eigenvalue weighted by Gasteiger charge is 2.44. The molecule has 2 rings (SSSR count). The fourth-order valence-electron chi connectivity index (χ4n) is 2.87. The molecule has 4 heteroatoms. The number of halogens is 2. The molecule has 1 aromatic carbocycles. The smallest absolute Gasteiger partial charge is 0.309 e. The molecule has 0 aliphatic heterocycles. The Morgan fingerprint density at radius 1 is 1.61 bits per heavy atom. The van der Waals surface area contributed by atoms with Gasteiger partial charge in [-0.2, -0.15) is 0 Å². The normalized spacial score (nSPS) is 27.4. The molecule has 0 saturated heterocycles. The van der Waals surface area contributed by atoms with Crippen LogP contribution in [0.4, 0.5) is 4.39 Å². The zero-order chi connectivity index (χ0) is 13.3. The average molecular weight is 315 g/mol. The van der Waals surface area contributed by atoms with Gasteiger partial charge in [0.15, 0.2) is 0 Å². The van der Waals surface area contributed by atoms with E-state index in [1.165, 1.54) is 12.1 Å². The second-order valence-corrected chi connectivity index (χ2v) is 6.20. The maximum absolute atomic E-state index is 13.3. The predicted octanol–water partition coefficient (Wildman–Crippen LogP) is 4.02. The minimum absolute atomic E-state index is 0.320. The van der Waals surface area contributed by atoms with Gasteiger partial charge in [0.2, 0.25) is 0 Å². The molecule has 2 atom stereocenters. The Balaban J connectivity index is 2.30. The fraction of sp³-hybridized carbons (Fsp3) is 0.500. The van der Waals surface area contributed by atoms with Gasteiger partial charge in [-0.05, 0) is 55.4 Å². The summed E-state index contributed by atoms with van der Waals surface area (Å²) in [6, 6.07) is 4.44. The molecule has 98 valence electrons. The Morgan fingerprint density at radius 3 is 2.89 bits per heavy atom. The number of carbonyl (C=O) groups is 1. The molecule has 0 spiro atoms. The van der Waals surface area contributed by atoms with E-state index >= 15 is 0 Å². The molecule has 0 radical (unpaired) electrons.